The predicted molar refractivity (Wildman–Crippen MR) is 63.1 cm³/mol. The van der Waals surface area contributed by atoms with E-state index >= 15 is 0 Å². The van der Waals surface area contributed by atoms with Crippen LogP contribution < -0.4 is 0 Å². The van der Waals surface area contributed by atoms with Crippen LogP contribution in [0.4, 0.5) is 0 Å². The van der Waals surface area contributed by atoms with E-state index in [2.05, 4.69) is 5.92 Å². The second-order valence-electron chi connectivity index (χ2n) is 4.62. The molecule has 1 rings (SSSR count). The normalized spacial score (nSPS) is 23.1. The Morgan fingerprint density at radius 1 is 0.643 bits per heavy atom. The van der Waals surface area contributed by atoms with E-state index in [0.29, 0.717) is 5.92 Å². The lowest BCUT2D eigenvalue weighted by Crippen LogP contribution is -1.98. The van der Waals surface area contributed by atoms with Crippen molar-refractivity contribution in [3.05, 3.63) is 0 Å². The highest BCUT2D eigenvalue weighted by atomic mass is 14.1. The molecule has 0 atom stereocenters. The SMILES string of the molecule is C#CC1CCCCCCCCCCC1. The summed E-state index contributed by atoms with van der Waals surface area (Å²) in [7, 11) is 0. The lowest BCUT2D eigenvalue weighted by Gasteiger charge is -2.11. The maximum atomic E-state index is 5.53. The van der Waals surface area contributed by atoms with Gasteiger partial charge in [0.2, 0.25) is 0 Å². The molecule has 0 saturated heterocycles. The molecule has 0 unspecified atom stereocenters. The van der Waals surface area contributed by atoms with Crippen LogP contribution in [0.3, 0.4) is 0 Å². The first-order valence-electron chi connectivity index (χ1n) is 6.39. The summed E-state index contributed by atoms with van der Waals surface area (Å²) in [5.41, 5.74) is 0. The van der Waals surface area contributed by atoms with Crippen LogP contribution in [0.2, 0.25) is 0 Å². The number of terminal acetylenes is 1. The van der Waals surface area contributed by atoms with Crippen LogP contribution in [0.1, 0.15) is 70.6 Å². The maximum absolute atomic E-state index is 5.53. The average molecular weight is 192 g/mol. The molecule has 0 radical (unpaired) electrons. The van der Waals surface area contributed by atoms with Crippen molar-refractivity contribution in [2.45, 2.75) is 70.6 Å². The Labute approximate surface area is 89.5 Å². The summed E-state index contributed by atoms with van der Waals surface area (Å²) in [6, 6.07) is 0. The lowest BCUT2D eigenvalue weighted by atomic mass is 9.93. The van der Waals surface area contributed by atoms with Crippen molar-refractivity contribution in [1.82, 2.24) is 0 Å². The highest BCUT2D eigenvalue weighted by Gasteiger charge is 2.05. The molecule has 0 amide bonds. The summed E-state index contributed by atoms with van der Waals surface area (Å²) in [6.07, 6.45) is 20.8. The molecule has 14 heavy (non-hydrogen) atoms. The van der Waals surface area contributed by atoms with Gasteiger partial charge in [-0.1, -0.05) is 57.8 Å². The molecule has 0 aromatic carbocycles. The molecular formula is C14H24. The van der Waals surface area contributed by atoms with Gasteiger partial charge in [-0.15, -0.1) is 12.3 Å². The van der Waals surface area contributed by atoms with E-state index in [1.165, 1.54) is 70.6 Å². The van der Waals surface area contributed by atoms with E-state index in [9.17, 15) is 0 Å². The van der Waals surface area contributed by atoms with E-state index in [0.717, 1.165) is 0 Å². The first-order valence-corrected chi connectivity index (χ1v) is 6.39. The van der Waals surface area contributed by atoms with Gasteiger partial charge in [0, 0.05) is 5.92 Å². The molecule has 1 saturated carbocycles. The van der Waals surface area contributed by atoms with E-state index in [1.54, 1.807) is 0 Å². The second kappa shape index (κ2) is 7.92. The third-order valence-corrected chi connectivity index (χ3v) is 3.34. The van der Waals surface area contributed by atoms with E-state index < -0.39 is 0 Å². The molecule has 0 heterocycles. The van der Waals surface area contributed by atoms with Crippen LogP contribution in [0, 0.1) is 18.3 Å². The third kappa shape index (κ3) is 5.32. The van der Waals surface area contributed by atoms with Crippen LogP contribution in [0.15, 0.2) is 0 Å². The lowest BCUT2D eigenvalue weighted by molar-refractivity contribution is 0.458. The summed E-state index contributed by atoms with van der Waals surface area (Å²) in [6.45, 7) is 0. The van der Waals surface area contributed by atoms with Crippen molar-refractivity contribution in [2.75, 3.05) is 0 Å². The standard InChI is InChI=1S/C14H24/c1-2-14-12-10-8-6-4-3-5-7-9-11-13-14/h1,14H,3-13H2. The molecule has 0 nitrogen and oxygen atoms in total. The molecular weight excluding hydrogens is 168 g/mol. The first kappa shape index (κ1) is 11.6. The zero-order valence-electron chi connectivity index (χ0n) is 9.43. The topological polar surface area (TPSA) is 0 Å². The quantitative estimate of drug-likeness (QED) is 0.494. The molecule has 0 spiro atoms. The molecule has 0 bridgehead atoms. The average Bonchev–Trinajstić information content (AvgIpc) is 2.19. The first-order chi connectivity index (χ1) is 6.93. The fourth-order valence-electron chi connectivity index (χ4n) is 2.33. The van der Waals surface area contributed by atoms with Crippen LogP contribution in [-0.2, 0) is 0 Å². The van der Waals surface area contributed by atoms with Gasteiger partial charge in [-0.2, -0.15) is 0 Å². The van der Waals surface area contributed by atoms with Gasteiger partial charge in [0.05, 0.1) is 0 Å². The van der Waals surface area contributed by atoms with Crippen molar-refractivity contribution in [3.63, 3.8) is 0 Å². The van der Waals surface area contributed by atoms with Crippen LogP contribution in [0.25, 0.3) is 0 Å². The van der Waals surface area contributed by atoms with Crippen LogP contribution in [-0.4, -0.2) is 0 Å². The predicted octanol–water partition coefficient (Wildman–Crippen LogP) is 4.54. The van der Waals surface area contributed by atoms with E-state index in [4.69, 9.17) is 6.42 Å². The van der Waals surface area contributed by atoms with Crippen LogP contribution >= 0.6 is 0 Å². The Balaban J connectivity index is 2.21. The van der Waals surface area contributed by atoms with Gasteiger partial charge < -0.3 is 0 Å². The fraction of sp³-hybridized carbons (Fsp3) is 0.857. The molecule has 0 aromatic heterocycles. The van der Waals surface area contributed by atoms with E-state index in [-0.39, 0.29) is 0 Å². The monoisotopic (exact) mass is 192 g/mol. The van der Waals surface area contributed by atoms with Gasteiger partial charge in [-0.25, -0.2) is 0 Å². The minimum absolute atomic E-state index is 0.578. The van der Waals surface area contributed by atoms with Crippen molar-refractivity contribution >= 4 is 0 Å². The van der Waals surface area contributed by atoms with Crippen molar-refractivity contribution < 1.29 is 0 Å². The molecule has 1 aliphatic rings. The zero-order valence-corrected chi connectivity index (χ0v) is 9.43. The Bertz CT molecular complexity index is 151. The van der Waals surface area contributed by atoms with Gasteiger partial charge in [0.25, 0.3) is 0 Å². The van der Waals surface area contributed by atoms with E-state index in [1.807, 2.05) is 0 Å². The number of rotatable bonds is 0. The Morgan fingerprint density at radius 3 is 1.36 bits per heavy atom. The third-order valence-electron chi connectivity index (χ3n) is 3.34. The van der Waals surface area contributed by atoms with Gasteiger partial charge in [-0.3, -0.25) is 0 Å². The molecule has 1 aliphatic carbocycles. The highest BCUT2D eigenvalue weighted by Crippen LogP contribution is 2.20. The summed E-state index contributed by atoms with van der Waals surface area (Å²) in [5, 5.41) is 0. The Hall–Kier alpha value is -0.440. The molecule has 1 fully saturated rings. The smallest absolute Gasteiger partial charge is 0.0200 e. The van der Waals surface area contributed by atoms with Gasteiger partial charge in [0.1, 0.15) is 0 Å². The molecule has 0 N–H and O–H groups in total. The Kier molecular flexibility index (Phi) is 6.58. The largest absolute Gasteiger partial charge is 0.120 e. The summed E-state index contributed by atoms with van der Waals surface area (Å²) in [4.78, 5) is 0. The van der Waals surface area contributed by atoms with Crippen molar-refractivity contribution in [3.8, 4) is 12.3 Å². The second-order valence-corrected chi connectivity index (χ2v) is 4.62. The summed E-state index contributed by atoms with van der Waals surface area (Å²) >= 11 is 0. The van der Waals surface area contributed by atoms with Gasteiger partial charge >= 0.3 is 0 Å². The number of hydrogen-bond donors (Lipinski definition) is 0. The van der Waals surface area contributed by atoms with Gasteiger partial charge in [-0.05, 0) is 12.8 Å². The Morgan fingerprint density at radius 2 is 1.00 bits per heavy atom. The molecule has 0 aromatic rings. The minimum atomic E-state index is 0.578. The maximum Gasteiger partial charge on any atom is 0.0200 e. The molecule has 0 aliphatic heterocycles. The highest BCUT2D eigenvalue weighted by molar-refractivity contribution is 4.92. The zero-order chi connectivity index (χ0) is 10.1. The molecule has 0 heteroatoms. The van der Waals surface area contributed by atoms with Gasteiger partial charge in [0.15, 0.2) is 0 Å². The summed E-state index contributed by atoms with van der Waals surface area (Å²) in [5.74, 6) is 3.53. The number of hydrogen-bond acceptors (Lipinski definition) is 0. The molecule has 80 valence electrons. The van der Waals surface area contributed by atoms with Crippen LogP contribution in [0.5, 0.6) is 0 Å². The fourth-order valence-corrected chi connectivity index (χ4v) is 2.33. The minimum Gasteiger partial charge on any atom is -0.120 e. The van der Waals surface area contributed by atoms with Crippen molar-refractivity contribution in [1.29, 1.82) is 0 Å². The van der Waals surface area contributed by atoms with Crippen molar-refractivity contribution in [2.24, 2.45) is 5.92 Å². The summed E-state index contributed by atoms with van der Waals surface area (Å²) < 4.78 is 0.